The first-order valence-corrected chi connectivity index (χ1v) is 20.7. The Kier molecular flexibility index (Phi) is 10.2. The van der Waals surface area contributed by atoms with E-state index in [1.54, 1.807) is 30.5 Å². The summed E-state index contributed by atoms with van der Waals surface area (Å²) < 4.78 is 32.2. The van der Waals surface area contributed by atoms with E-state index in [0.29, 0.717) is 22.4 Å². The van der Waals surface area contributed by atoms with Crippen LogP contribution in [0.25, 0.3) is 55.6 Å². The zero-order valence-electron chi connectivity index (χ0n) is 33.0. The molecule has 0 spiro atoms. The van der Waals surface area contributed by atoms with Crippen LogP contribution in [0.3, 0.4) is 0 Å². The largest absolute Gasteiger partial charge is 0.501 e. The number of aromatic nitrogens is 2. The molecule has 5 aromatic carbocycles. The van der Waals surface area contributed by atoms with Crippen molar-refractivity contribution in [2.45, 2.75) is 45.8 Å². The summed E-state index contributed by atoms with van der Waals surface area (Å²) in [5, 5.41) is 3.29. The fraction of sp³-hybridized carbons (Fsp3) is 0.149. The molecule has 3 aromatic heterocycles. The molecule has 1 radical (unpaired) electrons. The fourth-order valence-electron chi connectivity index (χ4n) is 6.24. The van der Waals surface area contributed by atoms with E-state index in [1.165, 1.54) is 5.19 Å². The molecule has 8 rings (SSSR count). The number of pyridine rings is 2. The van der Waals surface area contributed by atoms with E-state index in [-0.39, 0.29) is 20.1 Å². The Bertz CT molecular complexity index is 2550. The summed E-state index contributed by atoms with van der Waals surface area (Å²) in [5.74, 6) is -0.609. The van der Waals surface area contributed by atoms with E-state index in [9.17, 15) is 0 Å². The van der Waals surface area contributed by atoms with Gasteiger partial charge in [-0.1, -0.05) is 135 Å². The topological polar surface area (TPSA) is 38.9 Å². The molecular weight excluding hydrogens is 829 g/mol. The molecule has 0 unspecified atom stereocenters. The van der Waals surface area contributed by atoms with Gasteiger partial charge in [-0.25, -0.2) is 0 Å². The number of benzene rings is 5. The third-order valence-corrected chi connectivity index (χ3v) is 10.9. The van der Waals surface area contributed by atoms with Gasteiger partial charge in [-0.2, -0.15) is 0 Å². The number of hydrogen-bond donors (Lipinski definition) is 0. The SMILES string of the molecule is [2H]C(C)(C)c1cc(-c2[c-]cccc2)ncc1[Si](C)(C)C.[2H]C([2H])(c1ccccc1)c1ccnc(-c2[c-]ccc3c2oc2cc(-c4ccccc4)ccc23)c1.[Ir]. The predicted molar refractivity (Wildman–Crippen MR) is 216 cm³/mol. The van der Waals surface area contributed by atoms with E-state index in [0.717, 1.165) is 49.9 Å². The second-order valence-corrected chi connectivity index (χ2v) is 18.9. The number of rotatable bonds is 7. The number of furan rings is 1. The molecule has 5 heteroatoms. The van der Waals surface area contributed by atoms with Crippen LogP contribution in [-0.4, -0.2) is 18.0 Å². The van der Waals surface area contributed by atoms with Gasteiger partial charge in [-0.15, -0.1) is 54.1 Å². The molecule has 3 heterocycles. The van der Waals surface area contributed by atoms with Crippen molar-refractivity contribution in [2.75, 3.05) is 0 Å². The average Bonchev–Trinajstić information content (AvgIpc) is 3.56. The van der Waals surface area contributed by atoms with Gasteiger partial charge in [-0.05, 0) is 63.2 Å². The van der Waals surface area contributed by atoms with Gasteiger partial charge in [0.15, 0.2) is 0 Å². The molecule has 0 aliphatic rings. The van der Waals surface area contributed by atoms with Crippen LogP contribution in [0, 0.1) is 12.1 Å². The van der Waals surface area contributed by atoms with Crippen LogP contribution in [-0.2, 0) is 26.5 Å². The molecule has 0 aliphatic carbocycles. The summed E-state index contributed by atoms with van der Waals surface area (Å²) in [5.41, 5.74) is 9.21. The van der Waals surface area contributed by atoms with Gasteiger partial charge in [0, 0.05) is 42.0 Å². The molecule has 0 fully saturated rings. The van der Waals surface area contributed by atoms with Gasteiger partial charge in [0.05, 0.1) is 13.7 Å². The fourth-order valence-corrected chi connectivity index (χ4v) is 7.82. The van der Waals surface area contributed by atoms with E-state index in [4.69, 9.17) is 8.53 Å². The normalized spacial score (nSPS) is 12.6. The molecule has 0 N–H and O–H groups in total. The molecule has 8 aromatic rings. The van der Waals surface area contributed by atoms with Gasteiger partial charge in [0.25, 0.3) is 0 Å². The maximum Gasteiger partial charge on any atom is 0.121 e. The minimum atomic E-state index is -1.65. The summed E-state index contributed by atoms with van der Waals surface area (Å²) in [7, 11) is -1.50. The van der Waals surface area contributed by atoms with Crippen molar-refractivity contribution in [1.82, 2.24) is 9.97 Å². The molecule has 0 saturated carbocycles. The van der Waals surface area contributed by atoms with Crippen LogP contribution in [0.2, 0.25) is 19.6 Å². The maximum absolute atomic E-state index is 8.73. The van der Waals surface area contributed by atoms with Crippen molar-refractivity contribution in [3.63, 3.8) is 0 Å². The Morgan fingerprint density at radius 2 is 1.46 bits per heavy atom. The third-order valence-electron chi connectivity index (χ3n) is 8.85. The zero-order valence-corrected chi connectivity index (χ0v) is 33.4. The van der Waals surface area contributed by atoms with Crippen LogP contribution >= 0.6 is 0 Å². The average molecular weight is 874 g/mol. The first-order valence-electron chi connectivity index (χ1n) is 18.7. The molecule has 0 bridgehead atoms. The summed E-state index contributed by atoms with van der Waals surface area (Å²) in [4.78, 5) is 9.15. The van der Waals surface area contributed by atoms with Crippen molar-refractivity contribution in [3.8, 4) is 33.6 Å². The van der Waals surface area contributed by atoms with Crippen molar-refractivity contribution in [3.05, 3.63) is 175 Å². The quantitative estimate of drug-likeness (QED) is 0.118. The van der Waals surface area contributed by atoms with Crippen LogP contribution in [0.15, 0.2) is 150 Å². The summed E-state index contributed by atoms with van der Waals surface area (Å²) in [6.07, 6.45) is 1.98. The second kappa shape index (κ2) is 16.2. The van der Waals surface area contributed by atoms with Crippen molar-refractivity contribution in [2.24, 2.45) is 0 Å². The zero-order chi connectivity index (χ0) is 38.1. The molecular formula is C47H42IrN2OSi-2. The van der Waals surface area contributed by atoms with Crippen molar-refractivity contribution >= 4 is 35.2 Å². The molecule has 261 valence electrons. The monoisotopic (exact) mass is 874 g/mol. The molecule has 0 aliphatic heterocycles. The van der Waals surface area contributed by atoms with Gasteiger partial charge >= 0.3 is 0 Å². The summed E-state index contributed by atoms with van der Waals surface area (Å²) >= 11 is 0. The van der Waals surface area contributed by atoms with E-state index in [2.05, 4.69) is 78.1 Å². The first-order chi connectivity index (χ1) is 25.8. The van der Waals surface area contributed by atoms with E-state index < -0.39 is 20.3 Å². The van der Waals surface area contributed by atoms with Crippen LogP contribution < -0.4 is 5.19 Å². The Balaban J connectivity index is 0.000000211. The molecule has 0 amide bonds. The van der Waals surface area contributed by atoms with Crippen molar-refractivity contribution < 1.29 is 28.6 Å². The number of nitrogens with zero attached hydrogens (tertiary/aromatic N) is 2. The third kappa shape index (κ3) is 8.24. The number of fused-ring (bicyclic) bond motifs is 3. The van der Waals surface area contributed by atoms with Gasteiger partial charge < -0.3 is 14.4 Å². The Hall–Kier alpha value is -4.93. The molecule has 52 heavy (non-hydrogen) atoms. The smallest absolute Gasteiger partial charge is 0.121 e. The first kappa shape index (κ1) is 32.9. The molecule has 3 nitrogen and oxygen atoms in total. The van der Waals surface area contributed by atoms with Gasteiger partial charge in [0.2, 0.25) is 0 Å². The van der Waals surface area contributed by atoms with Crippen LogP contribution in [0.4, 0.5) is 0 Å². The Morgan fingerprint density at radius 1 is 0.712 bits per heavy atom. The minimum absolute atomic E-state index is 0. The van der Waals surface area contributed by atoms with Crippen LogP contribution in [0.5, 0.6) is 0 Å². The van der Waals surface area contributed by atoms with Crippen LogP contribution in [0.1, 0.15) is 40.5 Å². The predicted octanol–water partition coefficient (Wildman–Crippen LogP) is 11.9. The second-order valence-electron chi connectivity index (χ2n) is 13.8. The van der Waals surface area contributed by atoms with E-state index in [1.807, 2.05) is 92.8 Å². The molecule has 0 saturated heterocycles. The summed E-state index contributed by atoms with van der Waals surface area (Å²) in [6.45, 7) is 10.8. The Labute approximate surface area is 326 Å². The Morgan fingerprint density at radius 3 is 2.17 bits per heavy atom. The summed E-state index contributed by atoms with van der Waals surface area (Å²) in [6, 6.07) is 49.5. The maximum atomic E-state index is 8.73. The number of hydrogen-bond acceptors (Lipinski definition) is 3. The van der Waals surface area contributed by atoms with Gasteiger partial charge in [-0.3, -0.25) is 0 Å². The van der Waals surface area contributed by atoms with Gasteiger partial charge in [0.1, 0.15) is 5.58 Å². The molecule has 0 atom stereocenters. The van der Waals surface area contributed by atoms with E-state index >= 15 is 0 Å². The van der Waals surface area contributed by atoms with Crippen molar-refractivity contribution in [1.29, 1.82) is 0 Å². The standard InChI is InChI=1S/C30H20NO.C17H22NSi.Ir/c1-3-8-21(9-4-1)18-22-16-17-31-28(19-22)27-13-7-12-26-25-15-14-24(20-29(25)32-30(26)27)23-10-5-2-6-11-23;1-13(2)15-11-16(14-9-7-6-8-10-14)18-12-17(15)19(3,4)5;/h1-12,14-17,19-20H,18H2;6-9,11-13H,1-5H3;/q2*-1;/i18D2;13D;. The minimum Gasteiger partial charge on any atom is -0.501 e.